The Bertz CT molecular complexity index is 989. The fourth-order valence-corrected chi connectivity index (χ4v) is 6.30. The third kappa shape index (κ3) is 4.96. The van der Waals surface area contributed by atoms with Crippen molar-refractivity contribution in [3.63, 3.8) is 0 Å². The van der Waals surface area contributed by atoms with E-state index in [-0.39, 0.29) is 17.4 Å². The Morgan fingerprint density at radius 1 is 1.00 bits per heavy atom. The summed E-state index contributed by atoms with van der Waals surface area (Å²) in [5, 5.41) is 13.9. The predicted molar refractivity (Wildman–Crippen MR) is 122 cm³/mol. The minimum atomic E-state index is -3.39. The lowest BCUT2D eigenvalue weighted by atomic mass is 9.87. The number of rotatable bonds is 5. The molecular weight excluding hydrogens is 394 g/mol. The number of nitrogens with one attached hydrogen (secondary N) is 1. The molecule has 1 fully saturated rings. The Balaban J connectivity index is 1.55. The molecule has 0 saturated carbocycles. The van der Waals surface area contributed by atoms with Gasteiger partial charge in [-0.2, -0.15) is 0 Å². The normalized spacial score (nSPS) is 22.1. The maximum atomic E-state index is 12.9. The minimum absolute atomic E-state index is 0.0246. The number of hydrogen-bond donors (Lipinski definition) is 2. The molecule has 0 amide bonds. The average molecular weight is 426 g/mol. The fraction of sp³-hybridized carbons (Fsp3) is 0.440. The van der Waals surface area contributed by atoms with Crippen LogP contribution in [-0.2, 0) is 16.3 Å². The van der Waals surface area contributed by atoms with Gasteiger partial charge in [-0.1, -0.05) is 49.6 Å². The second-order valence-corrected chi connectivity index (χ2v) is 10.7. The minimum Gasteiger partial charge on any atom is -0.508 e. The predicted octanol–water partition coefficient (Wildman–Crippen LogP) is 4.69. The van der Waals surface area contributed by atoms with E-state index in [1.54, 1.807) is 30.3 Å². The third-order valence-electron chi connectivity index (χ3n) is 6.38. The van der Waals surface area contributed by atoms with Gasteiger partial charge in [-0.3, -0.25) is 0 Å². The first-order valence-corrected chi connectivity index (χ1v) is 12.7. The molecule has 1 saturated heterocycles. The van der Waals surface area contributed by atoms with E-state index in [0.717, 1.165) is 42.6 Å². The third-order valence-corrected chi connectivity index (χ3v) is 8.17. The highest BCUT2D eigenvalue weighted by Crippen LogP contribution is 2.38. The van der Waals surface area contributed by atoms with Gasteiger partial charge in [0, 0.05) is 5.92 Å². The van der Waals surface area contributed by atoms with E-state index in [9.17, 15) is 13.5 Å². The van der Waals surface area contributed by atoms with Gasteiger partial charge in [0.05, 0.1) is 10.6 Å². The number of phenolic OH excluding ortho intramolecular Hbond substituents is 1. The second-order valence-electron chi connectivity index (χ2n) is 8.63. The molecule has 30 heavy (non-hydrogen) atoms. The van der Waals surface area contributed by atoms with Crippen LogP contribution in [0.15, 0.2) is 53.4 Å². The van der Waals surface area contributed by atoms with Crippen LogP contribution in [0.3, 0.4) is 0 Å². The number of aromatic hydroxyl groups is 1. The molecule has 1 aliphatic heterocycles. The maximum Gasteiger partial charge on any atom is 0.179 e. The largest absolute Gasteiger partial charge is 0.508 e. The lowest BCUT2D eigenvalue weighted by Crippen LogP contribution is -2.19. The Labute approximate surface area is 180 Å². The standard InChI is InChI=1S/C25H31NO3S/c27-22-16-21(15-19-7-3-2-6-13-26-14-12-19)24-11-10-20(25(24)17-22)18-30(28,29)23-8-4-1-5-9-23/h1,4-5,8-11,16-17,19-20,26-27H,2-3,6-7,12-15,18H2. The van der Waals surface area contributed by atoms with E-state index in [1.165, 1.54) is 25.7 Å². The molecule has 0 aromatic heterocycles. The summed E-state index contributed by atoms with van der Waals surface area (Å²) in [5.74, 6) is 0.618. The van der Waals surface area contributed by atoms with Crippen LogP contribution in [0, 0.1) is 5.92 Å². The molecule has 1 aliphatic carbocycles. The Morgan fingerprint density at radius 2 is 1.83 bits per heavy atom. The van der Waals surface area contributed by atoms with Crippen molar-refractivity contribution in [2.24, 2.45) is 5.92 Å². The quantitative estimate of drug-likeness (QED) is 0.729. The first kappa shape index (κ1) is 21.1. The molecule has 160 valence electrons. The van der Waals surface area contributed by atoms with Gasteiger partial charge in [0.1, 0.15) is 5.75 Å². The number of sulfone groups is 1. The molecule has 4 rings (SSSR count). The zero-order valence-electron chi connectivity index (χ0n) is 17.4. The molecule has 5 heteroatoms. The SMILES string of the molecule is O=S(=O)(CC1C=Cc2c(CC3CCCCCNCC3)cc(O)cc21)c1ccccc1. The van der Waals surface area contributed by atoms with E-state index < -0.39 is 9.84 Å². The van der Waals surface area contributed by atoms with E-state index in [2.05, 4.69) is 11.4 Å². The van der Waals surface area contributed by atoms with Crippen molar-refractivity contribution in [3.8, 4) is 5.75 Å². The highest BCUT2D eigenvalue weighted by Gasteiger charge is 2.27. The number of fused-ring (bicyclic) bond motifs is 1. The Morgan fingerprint density at radius 3 is 2.67 bits per heavy atom. The smallest absolute Gasteiger partial charge is 0.179 e. The summed E-state index contributed by atoms with van der Waals surface area (Å²) in [4.78, 5) is 0.352. The molecule has 2 aliphatic rings. The van der Waals surface area contributed by atoms with Crippen molar-refractivity contribution in [2.75, 3.05) is 18.8 Å². The lowest BCUT2D eigenvalue weighted by Gasteiger charge is -2.19. The van der Waals surface area contributed by atoms with Crippen LogP contribution in [0.2, 0.25) is 0 Å². The van der Waals surface area contributed by atoms with Crippen molar-refractivity contribution in [3.05, 3.63) is 65.2 Å². The van der Waals surface area contributed by atoms with Gasteiger partial charge in [0.2, 0.25) is 0 Å². The maximum absolute atomic E-state index is 12.9. The van der Waals surface area contributed by atoms with Gasteiger partial charge in [-0.25, -0.2) is 8.42 Å². The summed E-state index contributed by atoms with van der Waals surface area (Å²) in [6.45, 7) is 2.15. The molecule has 2 aromatic rings. The first-order chi connectivity index (χ1) is 14.5. The van der Waals surface area contributed by atoms with E-state index in [0.29, 0.717) is 10.8 Å². The summed E-state index contributed by atoms with van der Waals surface area (Å²) in [7, 11) is -3.39. The molecule has 0 bridgehead atoms. The van der Waals surface area contributed by atoms with Crippen LogP contribution < -0.4 is 5.32 Å². The average Bonchev–Trinajstić information content (AvgIpc) is 3.17. The van der Waals surface area contributed by atoms with Crippen LogP contribution in [0.5, 0.6) is 5.75 Å². The summed E-state index contributed by atoms with van der Waals surface area (Å²) < 4.78 is 25.8. The van der Waals surface area contributed by atoms with Crippen molar-refractivity contribution in [1.82, 2.24) is 5.32 Å². The van der Waals surface area contributed by atoms with E-state index >= 15 is 0 Å². The Kier molecular flexibility index (Phi) is 6.59. The highest BCUT2D eigenvalue weighted by molar-refractivity contribution is 7.91. The zero-order chi connectivity index (χ0) is 21.0. The Hall–Kier alpha value is -2.11. The summed E-state index contributed by atoms with van der Waals surface area (Å²) in [6.07, 6.45) is 11.1. The molecule has 2 unspecified atom stereocenters. The van der Waals surface area contributed by atoms with Gasteiger partial charge in [0.25, 0.3) is 0 Å². The van der Waals surface area contributed by atoms with Gasteiger partial charge in [0.15, 0.2) is 9.84 Å². The summed E-state index contributed by atoms with van der Waals surface area (Å²) in [5.41, 5.74) is 3.18. The number of hydrogen-bond acceptors (Lipinski definition) is 4. The second kappa shape index (κ2) is 9.36. The van der Waals surface area contributed by atoms with Gasteiger partial charge < -0.3 is 10.4 Å². The zero-order valence-corrected chi connectivity index (χ0v) is 18.2. The van der Waals surface area contributed by atoms with E-state index in [1.807, 2.05) is 18.2 Å². The molecular formula is C25H31NO3S. The van der Waals surface area contributed by atoms with E-state index in [4.69, 9.17) is 0 Å². The molecule has 2 N–H and O–H groups in total. The van der Waals surface area contributed by atoms with Crippen molar-refractivity contribution in [2.45, 2.75) is 49.3 Å². The molecule has 1 heterocycles. The van der Waals surface area contributed by atoms with Crippen LogP contribution in [0.25, 0.3) is 6.08 Å². The summed E-state index contributed by atoms with van der Waals surface area (Å²) in [6, 6.07) is 12.2. The van der Waals surface area contributed by atoms with Crippen LogP contribution >= 0.6 is 0 Å². The molecule has 0 spiro atoms. The highest BCUT2D eigenvalue weighted by atomic mass is 32.2. The van der Waals surface area contributed by atoms with Crippen LogP contribution in [0.4, 0.5) is 0 Å². The van der Waals surface area contributed by atoms with Crippen molar-refractivity contribution >= 4 is 15.9 Å². The van der Waals surface area contributed by atoms with Crippen molar-refractivity contribution < 1.29 is 13.5 Å². The lowest BCUT2D eigenvalue weighted by molar-refractivity contribution is 0.431. The molecule has 0 radical (unpaired) electrons. The number of benzene rings is 2. The van der Waals surface area contributed by atoms with Gasteiger partial charge >= 0.3 is 0 Å². The first-order valence-electron chi connectivity index (χ1n) is 11.1. The van der Waals surface area contributed by atoms with Crippen molar-refractivity contribution in [1.29, 1.82) is 0 Å². The summed E-state index contributed by atoms with van der Waals surface area (Å²) >= 11 is 0. The van der Waals surface area contributed by atoms with Gasteiger partial charge in [-0.15, -0.1) is 0 Å². The number of allylic oxidation sites excluding steroid dienone is 1. The van der Waals surface area contributed by atoms with Crippen LogP contribution in [0.1, 0.15) is 54.7 Å². The monoisotopic (exact) mass is 425 g/mol. The fourth-order valence-electron chi connectivity index (χ4n) is 4.77. The topological polar surface area (TPSA) is 66.4 Å². The molecule has 2 aromatic carbocycles. The molecule has 2 atom stereocenters. The van der Waals surface area contributed by atoms with Gasteiger partial charge in [-0.05, 0) is 79.2 Å². The van der Waals surface area contributed by atoms with Crippen LogP contribution in [-0.4, -0.2) is 32.4 Å². The number of phenols is 1. The molecule has 4 nitrogen and oxygen atoms in total.